The SMILES string of the molecule is N#[N+]c1ccc(N2CCCC2)c(C(=O)[O-])c1. The maximum Gasteiger partial charge on any atom is 0.385 e. The van der Waals surface area contributed by atoms with Gasteiger partial charge in [-0.15, -0.1) is 0 Å². The normalized spacial score (nSPS) is 14.8. The first kappa shape index (κ1) is 10.4. The van der Waals surface area contributed by atoms with Crippen LogP contribution in [0.15, 0.2) is 18.2 Å². The highest BCUT2D eigenvalue weighted by molar-refractivity contribution is 5.94. The summed E-state index contributed by atoms with van der Waals surface area (Å²) in [7, 11) is 0. The van der Waals surface area contributed by atoms with E-state index < -0.39 is 5.97 Å². The molecule has 0 atom stereocenters. The molecule has 82 valence electrons. The third kappa shape index (κ3) is 1.82. The highest BCUT2D eigenvalue weighted by Gasteiger charge is 2.18. The van der Waals surface area contributed by atoms with Crippen molar-refractivity contribution in [2.45, 2.75) is 12.8 Å². The largest absolute Gasteiger partial charge is 0.545 e. The van der Waals surface area contributed by atoms with Crippen LogP contribution < -0.4 is 10.0 Å². The molecule has 0 radical (unpaired) electrons. The number of carbonyl (C=O) groups is 1. The lowest BCUT2D eigenvalue weighted by molar-refractivity contribution is -0.254. The smallest absolute Gasteiger partial charge is 0.385 e. The molecule has 16 heavy (non-hydrogen) atoms. The number of carboxylic acid groups (broad SMARTS) is 1. The minimum atomic E-state index is -1.24. The summed E-state index contributed by atoms with van der Waals surface area (Å²) in [5, 5.41) is 19.6. The zero-order valence-electron chi connectivity index (χ0n) is 8.72. The van der Waals surface area contributed by atoms with E-state index in [0.717, 1.165) is 25.9 Å². The van der Waals surface area contributed by atoms with E-state index in [-0.39, 0.29) is 11.3 Å². The molecule has 0 spiro atoms. The Kier molecular flexibility index (Phi) is 2.73. The molecular weight excluding hydrogens is 206 g/mol. The number of nitrogens with zero attached hydrogens (tertiary/aromatic N) is 3. The molecule has 0 bridgehead atoms. The number of anilines is 1. The first-order chi connectivity index (χ1) is 7.72. The highest BCUT2D eigenvalue weighted by Crippen LogP contribution is 2.27. The lowest BCUT2D eigenvalue weighted by atomic mass is 10.1. The van der Waals surface area contributed by atoms with Gasteiger partial charge < -0.3 is 14.8 Å². The van der Waals surface area contributed by atoms with Crippen LogP contribution in [0.2, 0.25) is 0 Å². The second kappa shape index (κ2) is 4.19. The number of aromatic carboxylic acids is 1. The molecule has 0 unspecified atom stereocenters. The first-order valence-electron chi connectivity index (χ1n) is 5.18. The van der Waals surface area contributed by atoms with Crippen molar-refractivity contribution in [3.05, 3.63) is 28.7 Å². The van der Waals surface area contributed by atoms with Crippen LogP contribution >= 0.6 is 0 Å². The molecule has 0 aromatic heterocycles. The van der Waals surface area contributed by atoms with E-state index in [9.17, 15) is 9.90 Å². The van der Waals surface area contributed by atoms with Crippen LogP contribution in [0.4, 0.5) is 11.4 Å². The molecule has 1 aliphatic heterocycles. The molecule has 1 aromatic carbocycles. The summed E-state index contributed by atoms with van der Waals surface area (Å²) in [5.74, 6) is -1.24. The van der Waals surface area contributed by atoms with Gasteiger partial charge in [-0.05, 0) is 18.9 Å². The molecule has 1 aliphatic rings. The standard InChI is InChI=1S/C11H11N3O2/c12-13-8-3-4-10(9(7-8)11(15)16)14-5-1-2-6-14/h3-4,7H,1-2,5-6H2. The lowest BCUT2D eigenvalue weighted by Crippen LogP contribution is -2.27. The third-order valence-electron chi connectivity index (χ3n) is 2.76. The minimum Gasteiger partial charge on any atom is -0.545 e. The van der Waals surface area contributed by atoms with Crippen LogP contribution in [0.1, 0.15) is 23.2 Å². The fraction of sp³-hybridized carbons (Fsp3) is 0.364. The van der Waals surface area contributed by atoms with Gasteiger partial charge in [0.1, 0.15) is 0 Å². The molecule has 1 heterocycles. The molecule has 0 saturated carbocycles. The second-order valence-electron chi connectivity index (χ2n) is 3.78. The monoisotopic (exact) mass is 217 g/mol. The summed E-state index contributed by atoms with van der Waals surface area (Å²) in [6.07, 6.45) is 2.14. The third-order valence-corrected chi connectivity index (χ3v) is 2.76. The van der Waals surface area contributed by atoms with Gasteiger partial charge in [0.15, 0.2) is 4.98 Å². The number of carboxylic acids is 1. The van der Waals surface area contributed by atoms with Crippen molar-refractivity contribution in [3.8, 4) is 0 Å². The molecular formula is C11H11N3O2. The number of hydrogen-bond donors (Lipinski definition) is 0. The van der Waals surface area contributed by atoms with Crippen molar-refractivity contribution in [2.24, 2.45) is 0 Å². The van der Waals surface area contributed by atoms with Crippen LogP contribution in [0.25, 0.3) is 4.98 Å². The molecule has 1 fully saturated rings. The summed E-state index contributed by atoms with van der Waals surface area (Å²) in [6.45, 7) is 1.71. The molecule has 5 heteroatoms. The first-order valence-corrected chi connectivity index (χ1v) is 5.18. The van der Waals surface area contributed by atoms with Crippen molar-refractivity contribution in [1.82, 2.24) is 0 Å². The number of rotatable bonds is 2. The quantitative estimate of drug-likeness (QED) is 0.696. The lowest BCUT2D eigenvalue weighted by Gasteiger charge is -2.20. The molecule has 5 nitrogen and oxygen atoms in total. The predicted octanol–water partition coefficient (Wildman–Crippen LogP) is 1.13. The van der Waals surface area contributed by atoms with E-state index in [1.54, 1.807) is 12.1 Å². The van der Waals surface area contributed by atoms with E-state index >= 15 is 0 Å². The van der Waals surface area contributed by atoms with Gasteiger partial charge in [-0.25, -0.2) is 0 Å². The van der Waals surface area contributed by atoms with E-state index in [1.165, 1.54) is 6.07 Å². The van der Waals surface area contributed by atoms with Gasteiger partial charge in [0.25, 0.3) is 0 Å². The zero-order chi connectivity index (χ0) is 11.5. The van der Waals surface area contributed by atoms with Crippen LogP contribution in [-0.4, -0.2) is 19.1 Å². The van der Waals surface area contributed by atoms with Crippen molar-refractivity contribution in [2.75, 3.05) is 18.0 Å². The average Bonchev–Trinajstić information content (AvgIpc) is 2.81. The highest BCUT2D eigenvalue weighted by atomic mass is 16.4. The molecule has 1 aromatic rings. The van der Waals surface area contributed by atoms with Crippen molar-refractivity contribution in [1.29, 1.82) is 5.39 Å². The van der Waals surface area contributed by atoms with Crippen molar-refractivity contribution >= 4 is 17.3 Å². The van der Waals surface area contributed by atoms with Gasteiger partial charge in [-0.3, -0.25) is 0 Å². The van der Waals surface area contributed by atoms with Gasteiger partial charge >= 0.3 is 5.69 Å². The molecule has 0 N–H and O–H groups in total. The van der Waals surface area contributed by atoms with Gasteiger partial charge in [0.2, 0.25) is 5.39 Å². The van der Waals surface area contributed by atoms with Crippen LogP contribution in [-0.2, 0) is 0 Å². The Bertz CT molecular complexity index is 459. The molecule has 0 amide bonds. The predicted molar refractivity (Wildman–Crippen MR) is 57.0 cm³/mol. The Morgan fingerprint density at radius 1 is 1.38 bits per heavy atom. The second-order valence-corrected chi connectivity index (χ2v) is 3.78. The van der Waals surface area contributed by atoms with Gasteiger partial charge in [0, 0.05) is 36.5 Å². The van der Waals surface area contributed by atoms with Crippen LogP contribution in [0.5, 0.6) is 0 Å². The molecule has 1 saturated heterocycles. The van der Waals surface area contributed by atoms with E-state index in [1.807, 2.05) is 4.90 Å². The zero-order valence-corrected chi connectivity index (χ0v) is 8.72. The van der Waals surface area contributed by atoms with Gasteiger partial charge in [-0.2, -0.15) is 0 Å². The Balaban J connectivity index is 2.44. The average molecular weight is 217 g/mol. The summed E-state index contributed by atoms with van der Waals surface area (Å²) in [5.41, 5.74) is 0.948. The Morgan fingerprint density at radius 2 is 2.06 bits per heavy atom. The topological polar surface area (TPSA) is 71.5 Å². The minimum absolute atomic E-state index is 0.0807. The summed E-state index contributed by atoms with van der Waals surface area (Å²) < 4.78 is 0. The van der Waals surface area contributed by atoms with E-state index in [4.69, 9.17) is 5.39 Å². The fourth-order valence-corrected chi connectivity index (χ4v) is 1.98. The number of carbonyl (C=O) groups excluding carboxylic acids is 1. The van der Waals surface area contributed by atoms with Crippen molar-refractivity contribution < 1.29 is 9.90 Å². The van der Waals surface area contributed by atoms with Gasteiger partial charge in [0.05, 0.1) is 5.97 Å². The van der Waals surface area contributed by atoms with Crippen molar-refractivity contribution in [3.63, 3.8) is 0 Å². The van der Waals surface area contributed by atoms with Gasteiger partial charge in [-0.1, -0.05) is 0 Å². The fourth-order valence-electron chi connectivity index (χ4n) is 1.98. The Morgan fingerprint density at radius 3 is 2.62 bits per heavy atom. The summed E-state index contributed by atoms with van der Waals surface area (Å²) in [4.78, 5) is 16.0. The summed E-state index contributed by atoms with van der Waals surface area (Å²) in [6, 6.07) is 4.56. The van der Waals surface area contributed by atoms with Crippen LogP contribution in [0, 0.1) is 5.39 Å². The number of hydrogen-bond acceptors (Lipinski definition) is 4. The molecule has 2 rings (SSSR count). The number of diazo groups is 1. The molecule has 0 aliphatic carbocycles. The Labute approximate surface area is 92.9 Å². The van der Waals surface area contributed by atoms with E-state index in [2.05, 4.69) is 4.98 Å². The number of benzene rings is 1. The van der Waals surface area contributed by atoms with E-state index in [0.29, 0.717) is 5.69 Å². The Hall–Kier alpha value is -2.09. The van der Waals surface area contributed by atoms with Crippen LogP contribution in [0.3, 0.4) is 0 Å². The summed E-state index contributed by atoms with van der Waals surface area (Å²) >= 11 is 0. The maximum absolute atomic E-state index is 11.0. The maximum atomic E-state index is 11.0.